The highest BCUT2D eigenvalue weighted by atomic mass is 79.9. The van der Waals surface area contributed by atoms with Gasteiger partial charge >= 0.3 is 5.97 Å². The van der Waals surface area contributed by atoms with E-state index in [4.69, 9.17) is 28.3 Å². The number of anilines is 1. The van der Waals surface area contributed by atoms with Crippen LogP contribution in [0, 0.1) is 0 Å². The topological polar surface area (TPSA) is 49.3 Å². The van der Waals surface area contributed by atoms with E-state index in [2.05, 4.69) is 21.2 Å². The van der Waals surface area contributed by atoms with Crippen LogP contribution in [0.15, 0.2) is 40.9 Å². The number of hydrogen-bond acceptors (Lipinski definition) is 2. The number of halogens is 3. The van der Waals surface area contributed by atoms with E-state index in [0.717, 1.165) is 15.7 Å². The van der Waals surface area contributed by atoms with E-state index >= 15 is 0 Å². The molecule has 0 spiro atoms. The minimum absolute atomic E-state index is 0.241. The summed E-state index contributed by atoms with van der Waals surface area (Å²) in [5.41, 5.74) is 1.94. The normalized spacial score (nSPS) is 10.3. The average molecular weight is 375 g/mol. The summed E-state index contributed by atoms with van der Waals surface area (Å²) in [6.45, 7) is 0.516. The Hall–Kier alpha value is -1.23. The molecule has 0 unspecified atom stereocenters. The van der Waals surface area contributed by atoms with Gasteiger partial charge in [0.05, 0.1) is 16.3 Å². The summed E-state index contributed by atoms with van der Waals surface area (Å²) in [5.74, 6) is -0.953. The molecule has 0 aliphatic heterocycles. The van der Waals surface area contributed by atoms with Crippen LogP contribution in [0.25, 0.3) is 0 Å². The molecule has 0 atom stereocenters. The molecule has 0 bridgehead atoms. The molecule has 0 radical (unpaired) electrons. The molecule has 6 heteroatoms. The zero-order valence-electron chi connectivity index (χ0n) is 10.2. The molecule has 2 rings (SSSR count). The van der Waals surface area contributed by atoms with E-state index in [1.54, 1.807) is 36.4 Å². The van der Waals surface area contributed by atoms with Crippen molar-refractivity contribution in [3.8, 4) is 0 Å². The second kappa shape index (κ2) is 6.48. The maximum atomic E-state index is 10.9. The van der Waals surface area contributed by atoms with E-state index in [-0.39, 0.29) is 5.56 Å². The van der Waals surface area contributed by atoms with E-state index in [0.29, 0.717) is 16.6 Å². The molecule has 0 saturated carbocycles. The Morgan fingerprint density at radius 1 is 1.20 bits per heavy atom. The lowest BCUT2D eigenvalue weighted by molar-refractivity contribution is 0.0697. The Balaban J connectivity index is 2.13. The molecule has 3 nitrogen and oxygen atoms in total. The summed E-state index contributed by atoms with van der Waals surface area (Å²) in [6, 6.07) is 10.1. The predicted molar refractivity (Wildman–Crippen MR) is 84.9 cm³/mol. The molecular formula is C14H10BrCl2NO2. The van der Waals surface area contributed by atoms with Crippen LogP contribution >= 0.6 is 39.1 Å². The first-order valence-corrected chi connectivity index (χ1v) is 7.23. The Bertz CT molecular complexity index is 662. The molecule has 2 aromatic rings. The number of aromatic carboxylic acids is 1. The molecule has 0 saturated heterocycles. The number of nitrogens with one attached hydrogen (secondary N) is 1. The molecule has 104 valence electrons. The fraction of sp³-hybridized carbons (Fsp3) is 0.0714. The highest BCUT2D eigenvalue weighted by Crippen LogP contribution is 2.27. The van der Waals surface area contributed by atoms with Gasteiger partial charge in [-0.2, -0.15) is 0 Å². The SMILES string of the molecule is O=C(O)c1ccc(CNc2ccc(Cl)cc2Cl)c(Br)c1. The third kappa shape index (κ3) is 3.66. The lowest BCUT2D eigenvalue weighted by atomic mass is 10.1. The van der Waals surface area contributed by atoms with Gasteiger partial charge in [-0.1, -0.05) is 45.2 Å². The smallest absolute Gasteiger partial charge is 0.335 e. The summed E-state index contributed by atoms with van der Waals surface area (Å²) < 4.78 is 0.731. The highest BCUT2D eigenvalue weighted by Gasteiger charge is 2.07. The van der Waals surface area contributed by atoms with Crippen molar-refractivity contribution in [2.75, 3.05) is 5.32 Å². The van der Waals surface area contributed by atoms with Crippen LogP contribution in [0.1, 0.15) is 15.9 Å². The molecule has 2 N–H and O–H groups in total. The van der Waals surface area contributed by atoms with Crippen LogP contribution in [0.5, 0.6) is 0 Å². The summed E-state index contributed by atoms with van der Waals surface area (Å²) in [5, 5.41) is 13.2. The highest BCUT2D eigenvalue weighted by molar-refractivity contribution is 9.10. The van der Waals surface area contributed by atoms with Crippen molar-refractivity contribution in [1.82, 2.24) is 0 Å². The second-order valence-electron chi connectivity index (χ2n) is 4.09. The lowest BCUT2D eigenvalue weighted by Crippen LogP contribution is -2.03. The Morgan fingerprint density at radius 3 is 2.55 bits per heavy atom. The maximum absolute atomic E-state index is 10.9. The number of carbonyl (C=O) groups is 1. The Labute approximate surface area is 134 Å². The molecular weight excluding hydrogens is 365 g/mol. The molecule has 0 aliphatic rings. The molecule has 0 heterocycles. The van der Waals surface area contributed by atoms with Crippen molar-refractivity contribution in [1.29, 1.82) is 0 Å². The number of benzene rings is 2. The minimum Gasteiger partial charge on any atom is -0.478 e. The van der Waals surface area contributed by atoms with Crippen LogP contribution in [-0.2, 0) is 6.54 Å². The summed E-state index contributed by atoms with van der Waals surface area (Å²) in [7, 11) is 0. The van der Waals surface area contributed by atoms with Crippen LogP contribution in [0.2, 0.25) is 10.0 Å². The van der Waals surface area contributed by atoms with Gasteiger partial charge in [0.15, 0.2) is 0 Å². The molecule has 0 aromatic heterocycles. The number of hydrogen-bond donors (Lipinski definition) is 2. The average Bonchev–Trinajstić information content (AvgIpc) is 2.38. The van der Waals surface area contributed by atoms with Crippen molar-refractivity contribution >= 4 is 50.8 Å². The molecule has 0 fully saturated rings. The van der Waals surface area contributed by atoms with Crippen LogP contribution in [0.3, 0.4) is 0 Å². The summed E-state index contributed by atoms with van der Waals surface area (Å²) in [6.07, 6.45) is 0. The van der Waals surface area contributed by atoms with Gasteiger partial charge in [0, 0.05) is 16.0 Å². The second-order valence-corrected chi connectivity index (χ2v) is 5.79. The quantitative estimate of drug-likeness (QED) is 0.785. The molecule has 2 aromatic carbocycles. The van der Waals surface area contributed by atoms with Crippen molar-refractivity contribution in [3.05, 3.63) is 62.0 Å². The first-order chi connectivity index (χ1) is 9.47. The van der Waals surface area contributed by atoms with Crippen molar-refractivity contribution < 1.29 is 9.90 Å². The van der Waals surface area contributed by atoms with Gasteiger partial charge in [0.1, 0.15) is 0 Å². The van der Waals surface area contributed by atoms with Crippen molar-refractivity contribution in [3.63, 3.8) is 0 Å². The molecule has 20 heavy (non-hydrogen) atoms. The molecule has 0 aliphatic carbocycles. The van der Waals surface area contributed by atoms with E-state index in [1.807, 2.05) is 0 Å². The summed E-state index contributed by atoms with van der Waals surface area (Å²) >= 11 is 15.3. The number of carboxylic acid groups (broad SMARTS) is 1. The first-order valence-electron chi connectivity index (χ1n) is 5.68. The fourth-order valence-electron chi connectivity index (χ4n) is 1.65. The standard InChI is InChI=1S/C14H10BrCl2NO2/c15-11-5-8(14(19)20)1-2-9(11)7-18-13-4-3-10(16)6-12(13)17/h1-6,18H,7H2,(H,19,20). The van der Waals surface area contributed by atoms with Crippen LogP contribution < -0.4 is 5.32 Å². The Kier molecular flexibility index (Phi) is 4.91. The van der Waals surface area contributed by atoms with E-state index < -0.39 is 5.97 Å². The van der Waals surface area contributed by atoms with E-state index in [1.165, 1.54) is 0 Å². The van der Waals surface area contributed by atoms with Gasteiger partial charge in [-0.25, -0.2) is 4.79 Å². The largest absolute Gasteiger partial charge is 0.478 e. The Morgan fingerprint density at radius 2 is 1.95 bits per heavy atom. The monoisotopic (exact) mass is 373 g/mol. The third-order valence-electron chi connectivity index (χ3n) is 2.70. The van der Waals surface area contributed by atoms with Gasteiger partial charge in [-0.15, -0.1) is 0 Å². The first kappa shape index (κ1) is 15.2. The number of rotatable bonds is 4. The van der Waals surface area contributed by atoms with Crippen LogP contribution in [-0.4, -0.2) is 11.1 Å². The van der Waals surface area contributed by atoms with Gasteiger partial charge < -0.3 is 10.4 Å². The van der Waals surface area contributed by atoms with Gasteiger partial charge in [-0.3, -0.25) is 0 Å². The van der Waals surface area contributed by atoms with Crippen LogP contribution in [0.4, 0.5) is 5.69 Å². The van der Waals surface area contributed by atoms with Gasteiger partial charge in [0.2, 0.25) is 0 Å². The summed E-state index contributed by atoms with van der Waals surface area (Å²) in [4.78, 5) is 10.9. The zero-order valence-corrected chi connectivity index (χ0v) is 13.3. The predicted octanol–water partition coefficient (Wildman–Crippen LogP) is 5.07. The molecule has 0 amide bonds. The fourth-order valence-corrected chi connectivity index (χ4v) is 2.64. The lowest BCUT2D eigenvalue weighted by Gasteiger charge is -2.10. The van der Waals surface area contributed by atoms with Gasteiger partial charge in [0.25, 0.3) is 0 Å². The van der Waals surface area contributed by atoms with E-state index in [9.17, 15) is 4.79 Å². The minimum atomic E-state index is -0.953. The zero-order chi connectivity index (χ0) is 14.7. The van der Waals surface area contributed by atoms with Gasteiger partial charge in [-0.05, 0) is 35.9 Å². The van der Waals surface area contributed by atoms with Crippen molar-refractivity contribution in [2.45, 2.75) is 6.54 Å². The number of carboxylic acids is 1. The third-order valence-corrected chi connectivity index (χ3v) is 3.99. The van der Waals surface area contributed by atoms with Crippen molar-refractivity contribution in [2.24, 2.45) is 0 Å². The maximum Gasteiger partial charge on any atom is 0.335 e.